The topological polar surface area (TPSA) is 104 Å². The van der Waals surface area contributed by atoms with E-state index in [1.165, 1.54) is 6.07 Å². The van der Waals surface area contributed by atoms with Gasteiger partial charge in [-0.3, -0.25) is 10.1 Å². The molecule has 1 rings (SSSR count). The maximum absolute atomic E-state index is 12.6. The number of hydrogen-bond acceptors (Lipinski definition) is 4. The van der Waals surface area contributed by atoms with Gasteiger partial charge in [0.1, 0.15) is 17.2 Å². The summed E-state index contributed by atoms with van der Waals surface area (Å²) in [6.07, 6.45) is -3.35. The maximum atomic E-state index is 12.6. The van der Waals surface area contributed by atoms with Crippen LogP contribution in [0.5, 0.6) is 0 Å². The number of hydrogen-bond donors (Lipinski definition) is 1. The summed E-state index contributed by atoms with van der Waals surface area (Å²) in [5.41, 5.74) is -3.90. The lowest BCUT2D eigenvalue weighted by atomic mass is 10.0. The van der Waals surface area contributed by atoms with Gasteiger partial charge in [0, 0.05) is 0 Å². The molecule has 0 saturated heterocycles. The van der Waals surface area contributed by atoms with Gasteiger partial charge in [0.15, 0.2) is 0 Å². The normalized spacial score (nSPS) is 10.0. The van der Waals surface area contributed by atoms with Crippen LogP contribution >= 0.6 is 0 Å². The zero-order chi connectivity index (χ0) is 13.2. The third kappa shape index (κ3) is 2.17. The van der Waals surface area contributed by atoms with E-state index in [-0.39, 0.29) is 0 Å². The molecule has 6 nitrogen and oxygen atoms in total. The lowest BCUT2D eigenvalue weighted by molar-refractivity contribution is -0.386. The second-order valence-corrected chi connectivity index (χ2v) is 2.90. The molecule has 0 unspecified atom stereocenters. The third-order valence-electron chi connectivity index (χ3n) is 1.97. The number of nitriles is 1. The highest BCUT2D eigenvalue weighted by Gasteiger charge is 2.31. The number of rotatable bonds is 3. The molecule has 17 heavy (non-hydrogen) atoms. The summed E-state index contributed by atoms with van der Waals surface area (Å²) in [4.78, 5) is 20.1. The fourth-order valence-corrected chi connectivity index (χ4v) is 1.30. The first-order valence-corrected chi connectivity index (χ1v) is 4.13. The number of benzene rings is 1. The van der Waals surface area contributed by atoms with Crippen molar-refractivity contribution in [1.82, 2.24) is 0 Å². The Balaban J connectivity index is 3.73. The SMILES string of the molecule is N#Cc1ccc(C(=O)O)c(C(F)F)c1[N+](=O)[O-]. The monoisotopic (exact) mass is 242 g/mol. The minimum absolute atomic E-state index is 0.602. The Labute approximate surface area is 92.9 Å². The van der Waals surface area contributed by atoms with Gasteiger partial charge >= 0.3 is 5.97 Å². The Morgan fingerprint density at radius 3 is 2.47 bits per heavy atom. The van der Waals surface area contributed by atoms with Gasteiger partial charge in [-0.05, 0) is 12.1 Å². The van der Waals surface area contributed by atoms with Crippen molar-refractivity contribution in [2.75, 3.05) is 0 Å². The molecule has 0 spiro atoms. The quantitative estimate of drug-likeness (QED) is 0.645. The molecular weight excluding hydrogens is 238 g/mol. The van der Waals surface area contributed by atoms with Crippen LogP contribution in [-0.2, 0) is 0 Å². The van der Waals surface area contributed by atoms with Crippen molar-refractivity contribution in [2.24, 2.45) is 0 Å². The second kappa shape index (κ2) is 4.52. The summed E-state index contributed by atoms with van der Waals surface area (Å²) < 4.78 is 25.3. The number of carboxylic acids is 1. The molecule has 0 heterocycles. The van der Waals surface area contributed by atoms with Crippen LogP contribution in [0.2, 0.25) is 0 Å². The van der Waals surface area contributed by atoms with Gasteiger partial charge in [-0.1, -0.05) is 0 Å². The molecule has 0 radical (unpaired) electrons. The van der Waals surface area contributed by atoms with Crippen LogP contribution in [0.4, 0.5) is 14.5 Å². The molecule has 0 aliphatic heterocycles. The lowest BCUT2D eigenvalue weighted by Gasteiger charge is -2.06. The van der Waals surface area contributed by atoms with Crippen LogP contribution < -0.4 is 0 Å². The first kappa shape index (κ1) is 12.5. The van der Waals surface area contributed by atoms with E-state index in [1.807, 2.05) is 0 Å². The number of halogens is 2. The van der Waals surface area contributed by atoms with Crippen LogP contribution in [0.1, 0.15) is 27.9 Å². The number of nitro groups is 1. The highest BCUT2D eigenvalue weighted by Crippen LogP contribution is 2.34. The van der Waals surface area contributed by atoms with E-state index in [0.717, 1.165) is 12.1 Å². The van der Waals surface area contributed by atoms with E-state index in [1.54, 1.807) is 0 Å². The first-order valence-electron chi connectivity index (χ1n) is 4.13. The number of nitro benzene ring substituents is 1. The zero-order valence-electron chi connectivity index (χ0n) is 8.05. The van der Waals surface area contributed by atoms with Gasteiger partial charge < -0.3 is 5.11 Å². The summed E-state index contributed by atoms with van der Waals surface area (Å²) >= 11 is 0. The Hall–Kier alpha value is -2.56. The average Bonchev–Trinajstić information content (AvgIpc) is 2.26. The van der Waals surface area contributed by atoms with E-state index < -0.39 is 39.7 Å². The van der Waals surface area contributed by atoms with Gasteiger partial charge in [0.2, 0.25) is 0 Å². The van der Waals surface area contributed by atoms with Crippen molar-refractivity contribution in [3.63, 3.8) is 0 Å². The van der Waals surface area contributed by atoms with Gasteiger partial charge in [-0.2, -0.15) is 5.26 Å². The smallest absolute Gasteiger partial charge is 0.336 e. The Bertz CT molecular complexity index is 537. The van der Waals surface area contributed by atoms with E-state index in [0.29, 0.717) is 0 Å². The van der Waals surface area contributed by atoms with Gasteiger partial charge in [-0.25, -0.2) is 13.6 Å². The summed E-state index contributed by atoms with van der Waals surface area (Å²) in [5.74, 6) is -1.71. The van der Waals surface area contributed by atoms with Gasteiger partial charge in [0.25, 0.3) is 12.1 Å². The average molecular weight is 242 g/mol. The highest BCUT2D eigenvalue weighted by atomic mass is 19.3. The molecule has 0 fully saturated rings. The number of aromatic carboxylic acids is 1. The van der Waals surface area contributed by atoms with Crippen LogP contribution in [0.25, 0.3) is 0 Å². The Morgan fingerprint density at radius 1 is 1.53 bits per heavy atom. The maximum Gasteiger partial charge on any atom is 0.336 e. The lowest BCUT2D eigenvalue weighted by Crippen LogP contribution is -2.08. The van der Waals surface area contributed by atoms with Crippen molar-refractivity contribution < 1.29 is 23.6 Å². The Morgan fingerprint density at radius 2 is 2.12 bits per heavy atom. The molecule has 0 atom stereocenters. The fourth-order valence-electron chi connectivity index (χ4n) is 1.30. The second-order valence-electron chi connectivity index (χ2n) is 2.90. The molecule has 8 heteroatoms. The number of carbonyl (C=O) groups is 1. The molecule has 0 saturated carbocycles. The number of carboxylic acid groups (broad SMARTS) is 1. The van der Waals surface area contributed by atoms with Gasteiger partial charge in [0.05, 0.1) is 10.5 Å². The van der Waals surface area contributed by atoms with Crippen molar-refractivity contribution in [1.29, 1.82) is 5.26 Å². The molecule has 0 bridgehead atoms. The summed E-state index contributed by atoms with van der Waals surface area (Å²) in [7, 11) is 0. The van der Waals surface area contributed by atoms with E-state index in [9.17, 15) is 23.7 Å². The van der Waals surface area contributed by atoms with Crippen LogP contribution in [0.3, 0.4) is 0 Å². The molecule has 1 N–H and O–H groups in total. The van der Waals surface area contributed by atoms with Crippen molar-refractivity contribution in [3.8, 4) is 6.07 Å². The van der Waals surface area contributed by atoms with Crippen molar-refractivity contribution in [2.45, 2.75) is 6.43 Å². The predicted octanol–water partition coefficient (Wildman–Crippen LogP) is 2.10. The zero-order valence-corrected chi connectivity index (χ0v) is 8.05. The molecule has 88 valence electrons. The largest absolute Gasteiger partial charge is 0.478 e. The number of alkyl halides is 2. The highest BCUT2D eigenvalue weighted by molar-refractivity contribution is 5.91. The van der Waals surface area contributed by atoms with Crippen LogP contribution in [0, 0.1) is 21.4 Å². The van der Waals surface area contributed by atoms with E-state index >= 15 is 0 Å². The minimum Gasteiger partial charge on any atom is -0.478 e. The standard InChI is InChI=1S/C9H4F2N2O4/c10-8(11)6-5(9(14)15)2-1-4(3-12)7(6)13(16)17/h1-2,8H,(H,14,15). The molecule has 0 amide bonds. The fraction of sp³-hybridized carbons (Fsp3) is 0.111. The first-order chi connectivity index (χ1) is 7.90. The molecule has 0 aromatic heterocycles. The molecule has 0 aliphatic rings. The third-order valence-corrected chi connectivity index (χ3v) is 1.97. The summed E-state index contributed by atoms with van der Waals surface area (Å²) in [6.45, 7) is 0. The summed E-state index contributed by atoms with van der Waals surface area (Å²) in [5, 5.41) is 27.8. The van der Waals surface area contributed by atoms with Crippen LogP contribution in [0.15, 0.2) is 12.1 Å². The van der Waals surface area contributed by atoms with Gasteiger partial charge in [-0.15, -0.1) is 0 Å². The predicted molar refractivity (Wildman–Crippen MR) is 49.7 cm³/mol. The van der Waals surface area contributed by atoms with E-state index in [4.69, 9.17) is 10.4 Å². The van der Waals surface area contributed by atoms with Crippen molar-refractivity contribution in [3.05, 3.63) is 38.9 Å². The summed E-state index contributed by atoms with van der Waals surface area (Å²) in [6, 6.07) is 2.94. The van der Waals surface area contributed by atoms with Crippen molar-refractivity contribution >= 4 is 11.7 Å². The Kier molecular flexibility index (Phi) is 3.33. The number of nitrogens with zero attached hydrogens (tertiary/aromatic N) is 2. The molecule has 1 aromatic carbocycles. The molecular formula is C9H4F2N2O4. The molecule has 0 aliphatic carbocycles. The molecule has 1 aromatic rings. The minimum atomic E-state index is -3.35. The van der Waals surface area contributed by atoms with E-state index in [2.05, 4.69) is 0 Å². The van der Waals surface area contributed by atoms with Crippen LogP contribution in [-0.4, -0.2) is 16.0 Å².